The Bertz CT molecular complexity index is 427. The fraction of sp³-hybridized carbons (Fsp3) is 0.222. The summed E-state index contributed by atoms with van der Waals surface area (Å²) in [6, 6.07) is 7.93. The van der Waals surface area contributed by atoms with Gasteiger partial charge in [0.05, 0.1) is 10.6 Å². The third-order valence-electron chi connectivity index (χ3n) is 1.75. The summed E-state index contributed by atoms with van der Waals surface area (Å²) in [5.41, 5.74) is 0. The molecule has 0 aromatic heterocycles. The lowest BCUT2D eigenvalue weighted by Crippen LogP contribution is -2.27. The van der Waals surface area contributed by atoms with Crippen molar-refractivity contribution in [2.75, 3.05) is 12.3 Å². The first-order valence-corrected chi connectivity index (χ1v) is 5.92. The molecule has 1 aromatic rings. The van der Waals surface area contributed by atoms with Gasteiger partial charge in [-0.1, -0.05) is 18.2 Å². The summed E-state index contributed by atoms with van der Waals surface area (Å²) in [5, 5.41) is 10.3. The average molecular weight is 229 g/mol. The molecule has 15 heavy (non-hydrogen) atoms. The summed E-state index contributed by atoms with van der Waals surface area (Å²) in [6.07, 6.45) is -1.22. The van der Waals surface area contributed by atoms with E-state index in [1.165, 1.54) is 12.1 Å². The van der Waals surface area contributed by atoms with Crippen LogP contribution in [0.4, 0.5) is 4.79 Å². The lowest BCUT2D eigenvalue weighted by molar-refractivity contribution is 0.195. The van der Waals surface area contributed by atoms with Crippen LogP contribution in [0.5, 0.6) is 0 Å². The molecule has 0 heterocycles. The Morgan fingerprint density at radius 2 is 1.87 bits per heavy atom. The van der Waals surface area contributed by atoms with E-state index in [1.807, 2.05) is 5.32 Å². The Hall–Kier alpha value is -1.56. The standard InChI is InChI=1S/C9H11NO4S/c11-9(12)10-6-7-15(13,14)8-4-2-1-3-5-8/h1-5,10H,6-7H2,(H,11,12). The Morgan fingerprint density at radius 1 is 1.27 bits per heavy atom. The van der Waals surface area contributed by atoms with E-state index in [9.17, 15) is 13.2 Å². The van der Waals surface area contributed by atoms with Crippen molar-refractivity contribution in [2.45, 2.75) is 4.90 Å². The largest absolute Gasteiger partial charge is 0.465 e. The molecule has 0 atom stereocenters. The van der Waals surface area contributed by atoms with Gasteiger partial charge in [0.1, 0.15) is 0 Å². The summed E-state index contributed by atoms with van der Waals surface area (Å²) in [6.45, 7) is -0.105. The zero-order valence-electron chi connectivity index (χ0n) is 7.88. The van der Waals surface area contributed by atoms with Crippen molar-refractivity contribution < 1.29 is 18.3 Å². The van der Waals surface area contributed by atoms with E-state index < -0.39 is 15.9 Å². The molecule has 0 aliphatic carbocycles. The normalized spacial score (nSPS) is 10.9. The molecule has 5 nitrogen and oxygen atoms in total. The van der Waals surface area contributed by atoms with E-state index in [0.29, 0.717) is 0 Å². The van der Waals surface area contributed by atoms with Crippen LogP contribution in [0.15, 0.2) is 35.2 Å². The van der Waals surface area contributed by atoms with Gasteiger partial charge in [-0.25, -0.2) is 13.2 Å². The number of nitrogens with one attached hydrogen (secondary N) is 1. The van der Waals surface area contributed by atoms with Gasteiger partial charge in [0, 0.05) is 6.54 Å². The van der Waals surface area contributed by atoms with Crippen LogP contribution in [0.1, 0.15) is 0 Å². The van der Waals surface area contributed by atoms with Crippen LogP contribution in [0, 0.1) is 0 Å². The van der Waals surface area contributed by atoms with Crippen LogP contribution in [0.25, 0.3) is 0 Å². The maximum absolute atomic E-state index is 11.6. The van der Waals surface area contributed by atoms with Crippen molar-refractivity contribution in [3.8, 4) is 0 Å². The predicted molar refractivity (Wildman–Crippen MR) is 54.5 cm³/mol. The number of rotatable bonds is 4. The molecule has 1 rings (SSSR count). The zero-order chi connectivity index (χ0) is 11.3. The summed E-state index contributed by atoms with van der Waals surface area (Å²) in [5.74, 6) is -0.233. The molecule has 0 saturated heterocycles. The second-order valence-electron chi connectivity index (χ2n) is 2.86. The molecule has 2 N–H and O–H groups in total. The van der Waals surface area contributed by atoms with Gasteiger partial charge >= 0.3 is 6.09 Å². The number of hydrogen-bond acceptors (Lipinski definition) is 3. The first-order chi connectivity index (χ1) is 7.02. The van der Waals surface area contributed by atoms with E-state index in [4.69, 9.17) is 5.11 Å². The number of carboxylic acid groups (broad SMARTS) is 1. The quantitative estimate of drug-likeness (QED) is 0.797. The molecule has 82 valence electrons. The molecule has 1 amide bonds. The van der Waals surface area contributed by atoms with E-state index in [-0.39, 0.29) is 17.2 Å². The fourth-order valence-electron chi connectivity index (χ4n) is 1.04. The van der Waals surface area contributed by atoms with E-state index in [2.05, 4.69) is 0 Å². The smallest absolute Gasteiger partial charge is 0.404 e. The summed E-state index contributed by atoms with van der Waals surface area (Å²) in [4.78, 5) is 10.3. The summed E-state index contributed by atoms with van der Waals surface area (Å²) in [7, 11) is -3.38. The van der Waals surface area contributed by atoms with Crippen LogP contribution in [-0.2, 0) is 9.84 Å². The van der Waals surface area contributed by atoms with Crippen molar-refractivity contribution in [1.82, 2.24) is 5.32 Å². The molecule has 0 aliphatic heterocycles. The molecule has 0 unspecified atom stereocenters. The highest BCUT2D eigenvalue weighted by Gasteiger charge is 2.13. The Balaban J connectivity index is 2.65. The molecule has 0 fully saturated rings. The van der Waals surface area contributed by atoms with Crippen LogP contribution >= 0.6 is 0 Å². The van der Waals surface area contributed by atoms with Crippen LogP contribution in [0.3, 0.4) is 0 Å². The molecular weight excluding hydrogens is 218 g/mol. The van der Waals surface area contributed by atoms with E-state index >= 15 is 0 Å². The maximum atomic E-state index is 11.6. The monoisotopic (exact) mass is 229 g/mol. The number of amides is 1. The van der Waals surface area contributed by atoms with Crippen molar-refractivity contribution in [2.24, 2.45) is 0 Å². The molecule has 1 aromatic carbocycles. The third kappa shape index (κ3) is 3.59. The number of hydrogen-bond donors (Lipinski definition) is 2. The number of sulfone groups is 1. The van der Waals surface area contributed by atoms with Crippen LogP contribution < -0.4 is 5.32 Å². The molecule has 0 bridgehead atoms. The van der Waals surface area contributed by atoms with Gasteiger partial charge in [0.2, 0.25) is 0 Å². The van der Waals surface area contributed by atoms with Crippen molar-refractivity contribution in [3.63, 3.8) is 0 Å². The highest BCUT2D eigenvalue weighted by molar-refractivity contribution is 7.91. The molecule has 0 aliphatic rings. The van der Waals surface area contributed by atoms with Gasteiger partial charge in [-0.3, -0.25) is 0 Å². The van der Waals surface area contributed by atoms with Gasteiger partial charge in [-0.2, -0.15) is 0 Å². The lowest BCUT2D eigenvalue weighted by Gasteiger charge is -2.03. The van der Waals surface area contributed by atoms with Crippen molar-refractivity contribution >= 4 is 15.9 Å². The van der Waals surface area contributed by atoms with Gasteiger partial charge in [-0.15, -0.1) is 0 Å². The molecule has 0 spiro atoms. The summed E-state index contributed by atoms with van der Waals surface area (Å²) < 4.78 is 23.2. The fourth-order valence-corrected chi connectivity index (χ4v) is 2.22. The SMILES string of the molecule is O=C(O)NCCS(=O)(=O)c1ccccc1. The van der Waals surface area contributed by atoms with Crippen LogP contribution in [-0.4, -0.2) is 31.9 Å². The van der Waals surface area contributed by atoms with Crippen LogP contribution in [0.2, 0.25) is 0 Å². The zero-order valence-corrected chi connectivity index (χ0v) is 8.70. The van der Waals surface area contributed by atoms with E-state index in [1.54, 1.807) is 18.2 Å². The first-order valence-electron chi connectivity index (χ1n) is 4.27. The highest BCUT2D eigenvalue weighted by Crippen LogP contribution is 2.08. The molecule has 6 heteroatoms. The van der Waals surface area contributed by atoms with Crippen molar-refractivity contribution in [1.29, 1.82) is 0 Å². The van der Waals surface area contributed by atoms with E-state index in [0.717, 1.165) is 0 Å². The first kappa shape index (κ1) is 11.5. The Morgan fingerprint density at radius 3 is 2.40 bits per heavy atom. The average Bonchev–Trinajstić information content (AvgIpc) is 2.18. The highest BCUT2D eigenvalue weighted by atomic mass is 32.2. The third-order valence-corrected chi connectivity index (χ3v) is 3.48. The number of benzene rings is 1. The second kappa shape index (κ2) is 4.79. The predicted octanol–water partition coefficient (Wildman–Crippen LogP) is 0.728. The minimum absolute atomic E-state index is 0.105. The van der Waals surface area contributed by atoms with Gasteiger partial charge in [0.25, 0.3) is 0 Å². The topological polar surface area (TPSA) is 83.5 Å². The van der Waals surface area contributed by atoms with Gasteiger partial charge in [-0.05, 0) is 12.1 Å². The van der Waals surface area contributed by atoms with Gasteiger partial charge < -0.3 is 10.4 Å². The molecule has 0 radical (unpaired) electrons. The second-order valence-corrected chi connectivity index (χ2v) is 4.97. The Kier molecular flexibility index (Phi) is 3.68. The lowest BCUT2D eigenvalue weighted by atomic mass is 10.4. The maximum Gasteiger partial charge on any atom is 0.404 e. The minimum Gasteiger partial charge on any atom is -0.465 e. The molecule has 0 saturated carbocycles. The Labute approximate surface area is 87.7 Å². The van der Waals surface area contributed by atoms with Crippen molar-refractivity contribution in [3.05, 3.63) is 30.3 Å². The minimum atomic E-state index is -3.38. The number of carbonyl (C=O) groups is 1. The van der Waals surface area contributed by atoms with Gasteiger partial charge in [0.15, 0.2) is 9.84 Å². The molecular formula is C9H11NO4S. The summed E-state index contributed by atoms with van der Waals surface area (Å²) >= 11 is 0.